The summed E-state index contributed by atoms with van der Waals surface area (Å²) in [7, 11) is 0. The van der Waals surface area contributed by atoms with E-state index < -0.39 is 0 Å². The Labute approximate surface area is 181 Å². The number of benzene rings is 2. The molecule has 0 spiro atoms. The maximum Gasteiger partial charge on any atom is 0.291 e. The molecule has 3 rings (SSSR count). The number of ether oxygens (including phenoxy) is 1. The third-order valence-corrected chi connectivity index (χ3v) is 4.40. The zero-order valence-electron chi connectivity index (χ0n) is 17.7. The Morgan fingerprint density at radius 1 is 0.935 bits per heavy atom. The molecule has 0 radical (unpaired) electrons. The minimum atomic E-state index is -0.356. The monoisotopic (exact) mass is 421 g/mol. The highest BCUT2D eigenvalue weighted by Crippen LogP contribution is 2.19. The van der Waals surface area contributed by atoms with Crippen molar-refractivity contribution in [1.82, 2.24) is 0 Å². The molecule has 3 aromatic rings. The summed E-state index contributed by atoms with van der Waals surface area (Å²) in [5.74, 6) is 1.01. The van der Waals surface area contributed by atoms with Crippen LogP contribution in [-0.2, 0) is 4.79 Å². The quantitative estimate of drug-likeness (QED) is 0.428. The maximum absolute atomic E-state index is 12.3. The standard InChI is InChI=1S/C24H27N3O4/c1-17(2)11-13-30-21-9-4-6-18(15-21)25-16-23(28)26-19-7-3-8-20(14-19)27-24(29)22-10-5-12-31-22/h3-10,12,14-15,17,25H,11,13,16H2,1-2H3,(H,26,28)(H,27,29). The lowest BCUT2D eigenvalue weighted by Gasteiger charge is -2.11. The van der Waals surface area contributed by atoms with E-state index in [4.69, 9.17) is 9.15 Å². The van der Waals surface area contributed by atoms with Gasteiger partial charge in [0.25, 0.3) is 5.91 Å². The third kappa shape index (κ3) is 7.22. The zero-order chi connectivity index (χ0) is 22.1. The topological polar surface area (TPSA) is 92.6 Å². The highest BCUT2D eigenvalue weighted by Gasteiger charge is 2.09. The predicted molar refractivity (Wildman–Crippen MR) is 122 cm³/mol. The predicted octanol–water partition coefficient (Wildman–Crippen LogP) is 5.01. The first kappa shape index (κ1) is 22.0. The Morgan fingerprint density at radius 3 is 2.42 bits per heavy atom. The lowest BCUT2D eigenvalue weighted by atomic mass is 10.1. The van der Waals surface area contributed by atoms with Crippen LogP contribution in [0.3, 0.4) is 0 Å². The molecule has 0 atom stereocenters. The second-order valence-corrected chi connectivity index (χ2v) is 7.47. The number of rotatable bonds is 10. The van der Waals surface area contributed by atoms with Gasteiger partial charge in [-0.25, -0.2) is 0 Å². The Morgan fingerprint density at radius 2 is 1.68 bits per heavy atom. The van der Waals surface area contributed by atoms with Gasteiger partial charge in [-0.1, -0.05) is 26.0 Å². The molecule has 0 aliphatic rings. The molecule has 162 valence electrons. The SMILES string of the molecule is CC(C)CCOc1cccc(NCC(=O)Nc2cccc(NC(=O)c3ccco3)c2)c1. The molecule has 1 aromatic heterocycles. The molecule has 7 heteroatoms. The van der Waals surface area contributed by atoms with E-state index in [1.807, 2.05) is 24.3 Å². The summed E-state index contributed by atoms with van der Waals surface area (Å²) < 4.78 is 10.8. The molecule has 0 saturated carbocycles. The fraction of sp³-hybridized carbons (Fsp3) is 0.250. The van der Waals surface area contributed by atoms with E-state index in [9.17, 15) is 9.59 Å². The lowest BCUT2D eigenvalue weighted by molar-refractivity contribution is -0.114. The van der Waals surface area contributed by atoms with Crippen molar-refractivity contribution < 1.29 is 18.7 Å². The van der Waals surface area contributed by atoms with Gasteiger partial charge >= 0.3 is 0 Å². The van der Waals surface area contributed by atoms with Crippen molar-refractivity contribution in [2.45, 2.75) is 20.3 Å². The normalized spacial score (nSPS) is 10.5. The highest BCUT2D eigenvalue weighted by molar-refractivity contribution is 6.02. The average Bonchev–Trinajstić information content (AvgIpc) is 3.28. The number of furan rings is 1. The van der Waals surface area contributed by atoms with Crippen molar-refractivity contribution in [3.8, 4) is 5.75 Å². The second-order valence-electron chi connectivity index (χ2n) is 7.47. The molecule has 0 saturated heterocycles. The van der Waals surface area contributed by atoms with Crippen LogP contribution in [0, 0.1) is 5.92 Å². The van der Waals surface area contributed by atoms with Gasteiger partial charge < -0.3 is 25.1 Å². The highest BCUT2D eigenvalue weighted by atomic mass is 16.5. The molecule has 2 aromatic carbocycles. The van der Waals surface area contributed by atoms with E-state index in [1.54, 1.807) is 36.4 Å². The Bertz CT molecular complexity index is 1000. The van der Waals surface area contributed by atoms with Gasteiger partial charge in [-0.2, -0.15) is 0 Å². The van der Waals surface area contributed by atoms with Crippen molar-refractivity contribution in [1.29, 1.82) is 0 Å². The van der Waals surface area contributed by atoms with E-state index >= 15 is 0 Å². The summed E-state index contributed by atoms with van der Waals surface area (Å²) in [6, 6.07) is 17.7. The van der Waals surface area contributed by atoms with E-state index in [-0.39, 0.29) is 24.1 Å². The van der Waals surface area contributed by atoms with Gasteiger partial charge in [0.2, 0.25) is 5.91 Å². The lowest BCUT2D eigenvalue weighted by Crippen LogP contribution is -2.21. The van der Waals surface area contributed by atoms with Gasteiger partial charge in [0.15, 0.2) is 5.76 Å². The van der Waals surface area contributed by atoms with Crippen LogP contribution in [-0.4, -0.2) is 25.0 Å². The first-order valence-electron chi connectivity index (χ1n) is 10.2. The molecular weight excluding hydrogens is 394 g/mol. The van der Waals surface area contributed by atoms with Crippen LogP contribution < -0.4 is 20.7 Å². The summed E-state index contributed by atoms with van der Waals surface area (Å²) >= 11 is 0. The van der Waals surface area contributed by atoms with Crippen LogP contribution in [0.5, 0.6) is 5.75 Å². The number of carbonyl (C=O) groups is 2. The summed E-state index contributed by atoms with van der Waals surface area (Å²) in [4.78, 5) is 24.4. The number of hydrogen-bond acceptors (Lipinski definition) is 5. The van der Waals surface area contributed by atoms with Gasteiger partial charge in [-0.05, 0) is 54.8 Å². The second kappa shape index (κ2) is 10.9. The van der Waals surface area contributed by atoms with Crippen LogP contribution in [0.15, 0.2) is 71.3 Å². The number of hydrogen-bond donors (Lipinski definition) is 3. The largest absolute Gasteiger partial charge is 0.494 e. The fourth-order valence-corrected chi connectivity index (χ4v) is 2.77. The molecule has 0 bridgehead atoms. The molecule has 2 amide bonds. The van der Waals surface area contributed by atoms with Gasteiger partial charge in [0.05, 0.1) is 19.4 Å². The van der Waals surface area contributed by atoms with Crippen LogP contribution in [0.4, 0.5) is 17.1 Å². The van der Waals surface area contributed by atoms with Crippen molar-refractivity contribution in [3.63, 3.8) is 0 Å². The molecular formula is C24H27N3O4. The Kier molecular flexibility index (Phi) is 7.70. The summed E-state index contributed by atoms with van der Waals surface area (Å²) in [5, 5.41) is 8.64. The molecule has 1 heterocycles. The molecule has 3 N–H and O–H groups in total. The minimum absolute atomic E-state index is 0.0957. The molecule has 0 aliphatic heterocycles. The van der Waals surface area contributed by atoms with E-state index in [0.717, 1.165) is 17.9 Å². The van der Waals surface area contributed by atoms with Crippen molar-refractivity contribution in [2.75, 3.05) is 29.1 Å². The maximum atomic E-state index is 12.3. The minimum Gasteiger partial charge on any atom is -0.494 e. The van der Waals surface area contributed by atoms with Gasteiger partial charge in [-0.15, -0.1) is 0 Å². The number of carbonyl (C=O) groups excluding carboxylic acids is 2. The van der Waals surface area contributed by atoms with Crippen molar-refractivity contribution in [2.24, 2.45) is 5.92 Å². The zero-order valence-corrected chi connectivity index (χ0v) is 17.7. The molecule has 7 nitrogen and oxygen atoms in total. The summed E-state index contributed by atoms with van der Waals surface area (Å²) in [6.07, 6.45) is 2.42. The van der Waals surface area contributed by atoms with Crippen LogP contribution in [0.1, 0.15) is 30.8 Å². The van der Waals surface area contributed by atoms with E-state index in [1.165, 1.54) is 6.26 Å². The number of amides is 2. The summed E-state index contributed by atoms with van der Waals surface area (Å²) in [6.45, 7) is 5.07. The molecule has 31 heavy (non-hydrogen) atoms. The van der Waals surface area contributed by atoms with Crippen molar-refractivity contribution in [3.05, 3.63) is 72.7 Å². The van der Waals surface area contributed by atoms with Crippen molar-refractivity contribution >= 4 is 28.9 Å². The Balaban J connectivity index is 1.49. The first-order valence-corrected chi connectivity index (χ1v) is 10.2. The smallest absolute Gasteiger partial charge is 0.291 e. The van der Waals surface area contributed by atoms with E-state index in [0.29, 0.717) is 23.9 Å². The molecule has 0 aliphatic carbocycles. The van der Waals surface area contributed by atoms with Gasteiger partial charge in [-0.3, -0.25) is 9.59 Å². The number of nitrogens with one attached hydrogen (secondary N) is 3. The van der Waals surface area contributed by atoms with Crippen LogP contribution in [0.25, 0.3) is 0 Å². The fourth-order valence-electron chi connectivity index (χ4n) is 2.77. The van der Waals surface area contributed by atoms with Gasteiger partial charge in [0, 0.05) is 23.1 Å². The first-order chi connectivity index (χ1) is 15.0. The molecule has 0 unspecified atom stereocenters. The van der Waals surface area contributed by atoms with Gasteiger partial charge in [0.1, 0.15) is 5.75 Å². The third-order valence-electron chi connectivity index (χ3n) is 4.40. The number of anilines is 3. The van der Waals surface area contributed by atoms with E-state index in [2.05, 4.69) is 29.8 Å². The molecule has 0 fully saturated rings. The van der Waals surface area contributed by atoms with Crippen LogP contribution >= 0.6 is 0 Å². The van der Waals surface area contributed by atoms with Crippen LogP contribution in [0.2, 0.25) is 0 Å². The Hall–Kier alpha value is -3.74. The summed E-state index contributed by atoms with van der Waals surface area (Å²) in [5.41, 5.74) is 1.94. The average molecular weight is 421 g/mol.